The van der Waals surface area contributed by atoms with Gasteiger partial charge in [-0.1, -0.05) is 30.3 Å². The van der Waals surface area contributed by atoms with Crippen LogP contribution in [0.2, 0.25) is 0 Å². The lowest BCUT2D eigenvalue weighted by Gasteiger charge is -2.32. The number of amides is 1. The maximum absolute atomic E-state index is 12.7. The Balaban J connectivity index is 1.79. The monoisotopic (exact) mass is 358 g/mol. The second-order valence-electron chi connectivity index (χ2n) is 6.38. The summed E-state index contributed by atoms with van der Waals surface area (Å²) in [6.45, 7) is 4.14. The van der Waals surface area contributed by atoms with Crippen LogP contribution in [0, 0.1) is 0 Å². The lowest BCUT2D eigenvalue weighted by atomic mass is 10.1. The van der Waals surface area contributed by atoms with Gasteiger partial charge in [-0.05, 0) is 36.8 Å². The highest BCUT2D eigenvalue weighted by Gasteiger charge is 2.22. The van der Waals surface area contributed by atoms with Crippen molar-refractivity contribution in [2.45, 2.75) is 23.6 Å². The highest BCUT2D eigenvalue weighted by molar-refractivity contribution is 7.90. The molecule has 132 valence electrons. The van der Waals surface area contributed by atoms with E-state index in [1.807, 2.05) is 11.8 Å². The molecule has 1 N–H and O–H groups in total. The third-order valence-electron chi connectivity index (χ3n) is 4.29. The molecule has 0 unspecified atom stereocenters. The van der Waals surface area contributed by atoms with Gasteiger partial charge in [-0.2, -0.15) is 0 Å². The summed E-state index contributed by atoms with van der Waals surface area (Å²) in [6.07, 6.45) is 0. The molecule has 5 nitrogen and oxygen atoms in total. The average Bonchev–Trinajstić information content (AvgIpc) is 2.62. The zero-order valence-electron chi connectivity index (χ0n) is 14.2. The number of rotatable bonds is 4. The summed E-state index contributed by atoms with van der Waals surface area (Å²) < 4.78 is 25.0. The molecule has 1 atom stereocenters. The first kappa shape index (κ1) is 17.6. The Morgan fingerprint density at radius 1 is 1.16 bits per heavy atom. The second kappa shape index (κ2) is 7.37. The van der Waals surface area contributed by atoms with E-state index in [1.165, 1.54) is 0 Å². The minimum absolute atomic E-state index is 0.0488. The van der Waals surface area contributed by atoms with Gasteiger partial charge in [-0.3, -0.25) is 4.79 Å². The van der Waals surface area contributed by atoms with Crippen LogP contribution in [0.3, 0.4) is 0 Å². The zero-order chi connectivity index (χ0) is 17.9. The van der Waals surface area contributed by atoms with E-state index in [2.05, 4.69) is 5.32 Å². The van der Waals surface area contributed by atoms with Crippen LogP contribution in [-0.4, -0.2) is 44.9 Å². The van der Waals surface area contributed by atoms with Gasteiger partial charge < -0.3 is 10.2 Å². The molecule has 25 heavy (non-hydrogen) atoms. The molecule has 1 amide bonds. The molecule has 1 aliphatic rings. The first-order valence-electron chi connectivity index (χ1n) is 8.35. The van der Waals surface area contributed by atoms with Crippen LogP contribution in [-0.2, 0) is 15.6 Å². The highest BCUT2D eigenvalue weighted by Crippen LogP contribution is 2.18. The van der Waals surface area contributed by atoms with E-state index in [-0.39, 0.29) is 17.7 Å². The van der Waals surface area contributed by atoms with Crippen LogP contribution in [0.25, 0.3) is 0 Å². The molecule has 0 spiro atoms. The third-order valence-corrected chi connectivity index (χ3v) is 5.99. The molecule has 6 heteroatoms. The van der Waals surface area contributed by atoms with Gasteiger partial charge in [0, 0.05) is 31.2 Å². The summed E-state index contributed by atoms with van der Waals surface area (Å²) in [4.78, 5) is 14.8. The fraction of sp³-hybridized carbons (Fsp3) is 0.316. The van der Waals surface area contributed by atoms with E-state index in [0.29, 0.717) is 29.1 Å². The number of sulfone groups is 1. The van der Waals surface area contributed by atoms with Crippen molar-refractivity contribution < 1.29 is 13.2 Å². The van der Waals surface area contributed by atoms with Crippen molar-refractivity contribution in [1.29, 1.82) is 0 Å². The molecule has 0 aromatic heterocycles. The number of nitrogens with one attached hydrogen (secondary N) is 1. The lowest BCUT2D eigenvalue weighted by molar-refractivity contribution is 0.0709. The average molecular weight is 358 g/mol. The minimum Gasteiger partial charge on any atom is -0.336 e. The smallest absolute Gasteiger partial charge is 0.253 e. The van der Waals surface area contributed by atoms with Crippen LogP contribution in [0.15, 0.2) is 59.5 Å². The Morgan fingerprint density at radius 2 is 1.92 bits per heavy atom. The number of hydrogen-bond donors (Lipinski definition) is 1. The van der Waals surface area contributed by atoms with Gasteiger partial charge in [0.2, 0.25) is 0 Å². The second-order valence-corrected chi connectivity index (χ2v) is 8.37. The summed E-state index contributed by atoms with van der Waals surface area (Å²) in [5.74, 6) is -0.164. The van der Waals surface area contributed by atoms with E-state index < -0.39 is 9.84 Å². The lowest BCUT2D eigenvalue weighted by Crippen LogP contribution is -2.51. The number of hydrogen-bond acceptors (Lipinski definition) is 4. The molecule has 1 heterocycles. The molecule has 2 aromatic carbocycles. The van der Waals surface area contributed by atoms with Gasteiger partial charge in [-0.25, -0.2) is 8.42 Å². The van der Waals surface area contributed by atoms with Crippen LogP contribution in [0.5, 0.6) is 0 Å². The first-order chi connectivity index (χ1) is 12.0. The molecule has 2 aromatic rings. The number of carbonyl (C=O) groups excluding carboxylic acids is 1. The number of benzene rings is 2. The van der Waals surface area contributed by atoms with Crippen molar-refractivity contribution >= 4 is 15.7 Å². The summed E-state index contributed by atoms with van der Waals surface area (Å²) in [6, 6.07) is 15.6. The van der Waals surface area contributed by atoms with E-state index in [9.17, 15) is 13.2 Å². The molecule has 3 rings (SSSR count). The summed E-state index contributed by atoms with van der Waals surface area (Å²) >= 11 is 0. The zero-order valence-corrected chi connectivity index (χ0v) is 15.0. The minimum atomic E-state index is -3.42. The summed E-state index contributed by atoms with van der Waals surface area (Å²) in [5, 5.41) is 3.31. The third kappa shape index (κ3) is 4.27. The number of nitrogens with zero attached hydrogens (tertiary/aromatic N) is 1. The normalized spacial score (nSPS) is 18.1. The topological polar surface area (TPSA) is 66.5 Å². The fourth-order valence-corrected chi connectivity index (χ4v) is 4.38. The van der Waals surface area contributed by atoms with Crippen molar-refractivity contribution in [2.24, 2.45) is 0 Å². The van der Waals surface area contributed by atoms with Crippen LogP contribution < -0.4 is 5.32 Å². The van der Waals surface area contributed by atoms with Gasteiger partial charge in [0.05, 0.1) is 10.6 Å². The molecular weight excluding hydrogens is 336 g/mol. The first-order valence-corrected chi connectivity index (χ1v) is 10.0. The van der Waals surface area contributed by atoms with Gasteiger partial charge in [-0.15, -0.1) is 0 Å². The summed E-state index contributed by atoms with van der Waals surface area (Å²) in [5.41, 5.74) is 1.16. The van der Waals surface area contributed by atoms with Crippen LogP contribution in [0.4, 0.5) is 0 Å². The van der Waals surface area contributed by atoms with Gasteiger partial charge in [0.1, 0.15) is 0 Å². The molecule has 0 saturated carbocycles. The largest absolute Gasteiger partial charge is 0.336 e. The Bertz CT molecular complexity index is 850. The Kier molecular flexibility index (Phi) is 5.20. The van der Waals surface area contributed by atoms with Crippen molar-refractivity contribution in [3.63, 3.8) is 0 Å². The molecule has 0 aliphatic carbocycles. The maximum Gasteiger partial charge on any atom is 0.253 e. The van der Waals surface area contributed by atoms with E-state index in [1.54, 1.807) is 54.6 Å². The highest BCUT2D eigenvalue weighted by atomic mass is 32.2. The molecule has 1 saturated heterocycles. The predicted octanol–water partition coefficient (Wildman–Crippen LogP) is 2.09. The molecule has 0 radical (unpaired) electrons. The molecule has 0 bridgehead atoms. The number of piperazine rings is 1. The quantitative estimate of drug-likeness (QED) is 0.909. The molecule has 1 fully saturated rings. The fourth-order valence-electron chi connectivity index (χ4n) is 3.02. The van der Waals surface area contributed by atoms with Crippen molar-refractivity contribution in [3.8, 4) is 0 Å². The van der Waals surface area contributed by atoms with Crippen molar-refractivity contribution in [1.82, 2.24) is 10.2 Å². The van der Waals surface area contributed by atoms with E-state index >= 15 is 0 Å². The molecular formula is C19H22N2O3S. The SMILES string of the molecule is C[C@@H]1CN(C(=O)c2cccc(CS(=O)(=O)c3ccccc3)c2)CCN1. The number of carbonyl (C=O) groups is 1. The Labute approximate surface area is 148 Å². The van der Waals surface area contributed by atoms with Gasteiger partial charge >= 0.3 is 0 Å². The van der Waals surface area contributed by atoms with E-state index in [4.69, 9.17) is 0 Å². The summed E-state index contributed by atoms with van der Waals surface area (Å²) in [7, 11) is -3.42. The predicted molar refractivity (Wildman–Crippen MR) is 97.1 cm³/mol. The maximum atomic E-state index is 12.7. The standard InChI is InChI=1S/C19H22N2O3S/c1-15-13-21(11-10-20-15)19(22)17-7-5-6-16(12-17)14-25(23,24)18-8-3-2-4-9-18/h2-9,12,15,20H,10-11,13-14H2,1H3/t15-/m1/s1. The molecule has 1 aliphatic heterocycles. The Morgan fingerprint density at radius 3 is 2.64 bits per heavy atom. The van der Waals surface area contributed by atoms with Crippen molar-refractivity contribution in [3.05, 3.63) is 65.7 Å². The van der Waals surface area contributed by atoms with Crippen LogP contribution >= 0.6 is 0 Å². The van der Waals surface area contributed by atoms with Crippen LogP contribution in [0.1, 0.15) is 22.8 Å². The Hall–Kier alpha value is -2.18. The van der Waals surface area contributed by atoms with Crippen molar-refractivity contribution in [2.75, 3.05) is 19.6 Å². The van der Waals surface area contributed by atoms with E-state index in [0.717, 1.165) is 6.54 Å². The van der Waals surface area contributed by atoms with Gasteiger partial charge in [0.25, 0.3) is 5.91 Å². The van der Waals surface area contributed by atoms with Gasteiger partial charge in [0.15, 0.2) is 9.84 Å².